The van der Waals surface area contributed by atoms with Gasteiger partial charge in [-0.3, -0.25) is 5.10 Å². The van der Waals surface area contributed by atoms with E-state index in [4.69, 9.17) is 4.74 Å². The van der Waals surface area contributed by atoms with E-state index in [9.17, 15) is 13.2 Å². The Bertz CT molecular complexity index is 611. The molecule has 0 aromatic carbocycles. The van der Waals surface area contributed by atoms with Gasteiger partial charge in [0.2, 0.25) is 0 Å². The van der Waals surface area contributed by atoms with Crippen LogP contribution in [0.25, 0.3) is 0 Å². The summed E-state index contributed by atoms with van der Waals surface area (Å²) in [4.78, 5) is 11.8. The van der Waals surface area contributed by atoms with E-state index in [1.807, 2.05) is 0 Å². The molecule has 1 fully saturated rings. The second kappa shape index (κ2) is 5.76. The number of aromatic nitrogens is 2. The molecule has 0 radical (unpaired) electrons. The van der Waals surface area contributed by atoms with Crippen LogP contribution in [0.15, 0.2) is 11.2 Å². The number of carbonyl (C=O) groups excluding carboxylic acids is 1. The molecule has 0 saturated carbocycles. The fourth-order valence-electron chi connectivity index (χ4n) is 2.29. The molecule has 118 valence electrons. The zero-order valence-electron chi connectivity index (χ0n) is 12.5. The van der Waals surface area contributed by atoms with Gasteiger partial charge in [0.1, 0.15) is 5.56 Å². The maximum absolute atomic E-state index is 12.6. The van der Waals surface area contributed by atoms with Crippen LogP contribution < -0.4 is 0 Å². The van der Waals surface area contributed by atoms with Crippen LogP contribution in [0, 0.1) is 5.41 Å². The van der Waals surface area contributed by atoms with Crippen molar-refractivity contribution in [3.63, 3.8) is 0 Å². The number of aromatic amines is 1. The third-order valence-electron chi connectivity index (χ3n) is 3.77. The molecule has 0 atom stereocenters. The molecule has 1 saturated heterocycles. The molecule has 0 spiro atoms. The summed E-state index contributed by atoms with van der Waals surface area (Å²) in [6.07, 6.45) is 2.77. The van der Waals surface area contributed by atoms with Gasteiger partial charge in [-0.2, -0.15) is 9.40 Å². The van der Waals surface area contributed by atoms with Gasteiger partial charge < -0.3 is 4.74 Å². The number of nitrogens with one attached hydrogen (secondary N) is 1. The maximum Gasteiger partial charge on any atom is 0.342 e. The van der Waals surface area contributed by atoms with E-state index in [2.05, 4.69) is 24.0 Å². The fraction of sp³-hybridized carbons (Fsp3) is 0.692. The van der Waals surface area contributed by atoms with Crippen molar-refractivity contribution in [2.75, 3.05) is 19.7 Å². The summed E-state index contributed by atoms with van der Waals surface area (Å²) in [6, 6.07) is 0. The van der Waals surface area contributed by atoms with Crippen LogP contribution in [0.3, 0.4) is 0 Å². The first-order valence-corrected chi connectivity index (χ1v) is 8.42. The Morgan fingerprint density at radius 3 is 2.62 bits per heavy atom. The number of H-pyrrole nitrogens is 1. The van der Waals surface area contributed by atoms with E-state index in [1.54, 1.807) is 6.92 Å². The summed E-state index contributed by atoms with van der Waals surface area (Å²) in [6.45, 7) is 6.97. The topological polar surface area (TPSA) is 92.4 Å². The molecular weight excluding hydrogens is 294 g/mol. The highest BCUT2D eigenvalue weighted by Crippen LogP contribution is 2.32. The van der Waals surface area contributed by atoms with Gasteiger partial charge in [0.15, 0.2) is 5.03 Å². The molecule has 8 heteroatoms. The highest BCUT2D eigenvalue weighted by Gasteiger charge is 2.36. The summed E-state index contributed by atoms with van der Waals surface area (Å²) >= 11 is 0. The number of carbonyl (C=O) groups is 1. The predicted octanol–water partition coefficient (Wildman–Crippen LogP) is 1.40. The average molecular weight is 315 g/mol. The van der Waals surface area contributed by atoms with Gasteiger partial charge in [0.25, 0.3) is 10.0 Å². The molecule has 1 N–H and O–H groups in total. The van der Waals surface area contributed by atoms with Gasteiger partial charge >= 0.3 is 5.97 Å². The summed E-state index contributed by atoms with van der Waals surface area (Å²) in [7, 11) is -3.75. The minimum Gasteiger partial charge on any atom is -0.462 e. The van der Waals surface area contributed by atoms with E-state index in [0.717, 1.165) is 12.8 Å². The van der Waals surface area contributed by atoms with E-state index in [0.29, 0.717) is 13.1 Å². The van der Waals surface area contributed by atoms with Gasteiger partial charge in [0, 0.05) is 13.1 Å². The molecule has 0 bridgehead atoms. The maximum atomic E-state index is 12.6. The lowest BCUT2D eigenvalue weighted by molar-refractivity contribution is 0.0521. The molecule has 2 rings (SSSR count). The molecule has 0 amide bonds. The first-order chi connectivity index (χ1) is 9.78. The summed E-state index contributed by atoms with van der Waals surface area (Å²) in [5, 5.41) is 5.93. The van der Waals surface area contributed by atoms with Gasteiger partial charge in [0.05, 0.1) is 12.8 Å². The minimum atomic E-state index is -3.75. The highest BCUT2D eigenvalue weighted by atomic mass is 32.2. The van der Waals surface area contributed by atoms with Gasteiger partial charge in [-0.05, 0) is 25.2 Å². The quantitative estimate of drug-likeness (QED) is 0.848. The number of ether oxygens (including phenoxy) is 1. The molecule has 1 aromatic heterocycles. The van der Waals surface area contributed by atoms with Crippen LogP contribution in [0.2, 0.25) is 0 Å². The monoisotopic (exact) mass is 315 g/mol. The molecule has 2 heterocycles. The fourth-order valence-corrected chi connectivity index (χ4v) is 3.79. The van der Waals surface area contributed by atoms with E-state index in [1.165, 1.54) is 10.5 Å². The number of esters is 1. The molecular formula is C13H21N3O4S. The highest BCUT2D eigenvalue weighted by molar-refractivity contribution is 7.89. The standard InChI is InChI=1S/C13H21N3O4S/c1-4-20-12(17)10-9-14-15-11(10)21(18,19)16-7-5-13(2,3)6-8-16/h9H,4-8H2,1-3H3,(H,14,15). The third-order valence-corrected chi connectivity index (χ3v) is 5.65. The van der Waals surface area contributed by atoms with Gasteiger partial charge in [-0.1, -0.05) is 13.8 Å². The van der Waals surface area contributed by atoms with Crippen molar-refractivity contribution in [2.45, 2.75) is 38.6 Å². The third kappa shape index (κ3) is 3.26. The van der Waals surface area contributed by atoms with Crippen molar-refractivity contribution in [2.24, 2.45) is 5.41 Å². The average Bonchev–Trinajstić information content (AvgIpc) is 2.88. The molecule has 0 unspecified atom stereocenters. The second-order valence-corrected chi connectivity index (χ2v) is 7.78. The lowest BCUT2D eigenvalue weighted by Crippen LogP contribution is -2.41. The van der Waals surface area contributed by atoms with Crippen molar-refractivity contribution in [3.05, 3.63) is 11.8 Å². The number of rotatable bonds is 4. The summed E-state index contributed by atoms with van der Waals surface area (Å²) in [5.74, 6) is -0.679. The Hall–Kier alpha value is -1.41. The normalized spacial score (nSPS) is 19.4. The lowest BCUT2D eigenvalue weighted by atomic mass is 9.83. The van der Waals surface area contributed by atoms with Crippen LogP contribution in [-0.2, 0) is 14.8 Å². The van der Waals surface area contributed by atoms with Crippen LogP contribution in [0.4, 0.5) is 0 Å². The Balaban J connectivity index is 2.25. The number of piperidine rings is 1. The Labute approximate surface area is 124 Å². The molecule has 7 nitrogen and oxygen atoms in total. The number of hydrogen-bond acceptors (Lipinski definition) is 5. The van der Waals surface area contributed by atoms with Gasteiger partial charge in [-0.15, -0.1) is 0 Å². The van der Waals surface area contributed by atoms with Crippen LogP contribution in [-0.4, -0.2) is 48.6 Å². The van der Waals surface area contributed by atoms with Crippen LogP contribution in [0.5, 0.6) is 0 Å². The van der Waals surface area contributed by atoms with E-state index in [-0.39, 0.29) is 22.6 Å². The first kappa shape index (κ1) is 16.0. The van der Waals surface area contributed by atoms with Crippen molar-refractivity contribution in [3.8, 4) is 0 Å². The summed E-state index contributed by atoms with van der Waals surface area (Å²) < 4.78 is 31.5. The second-order valence-electron chi connectivity index (χ2n) is 5.90. The van der Waals surface area contributed by atoms with Crippen molar-refractivity contribution < 1.29 is 17.9 Å². The minimum absolute atomic E-state index is 0.0401. The van der Waals surface area contributed by atoms with Crippen molar-refractivity contribution in [1.82, 2.24) is 14.5 Å². The smallest absolute Gasteiger partial charge is 0.342 e. The largest absolute Gasteiger partial charge is 0.462 e. The molecule has 1 aliphatic rings. The molecule has 1 aliphatic heterocycles. The summed E-state index contributed by atoms with van der Waals surface area (Å²) in [5.41, 5.74) is 0.103. The Morgan fingerprint density at radius 1 is 1.43 bits per heavy atom. The van der Waals surface area contributed by atoms with Crippen molar-refractivity contribution >= 4 is 16.0 Å². The van der Waals surface area contributed by atoms with E-state index >= 15 is 0 Å². The number of hydrogen-bond donors (Lipinski definition) is 1. The molecule has 1 aromatic rings. The zero-order chi connectivity index (χ0) is 15.7. The Morgan fingerprint density at radius 2 is 2.05 bits per heavy atom. The molecule has 0 aliphatic carbocycles. The number of nitrogens with zero attached hydrogens (tertiary/aromatic N) is 2. The van der Waals surface area contributed by atoms with Crippen molar-refractivity contribution in [1.29, 1.82) is 0 Å². The lowest BCUT2D eigenvalue weighted by Gasteiger charge is -2.35. The first-order valence-electron chi connectivity index (χ1n) is 6.98. The van der Waals surface area contributed by atoms with Crippen LogP contribution in [0.1, 0.15) is 44.0 Å². The Kier molecular flexibility index (Phi) is 4.38. The van der Waals surface area contributed by atoms with E-state index < -0.39 is 16.0 Å². The number of sulfonamides is 1. The zero-order valence-corrected chi connectivity index (χ0v) is 13.4. The van der Waals surface area contributed by atoms with Crippen LogP contribution >= 0.6 is 0 Å². The predicted molar refractivity (Wildman–Crippen MR) is 76.3 cm³/mol. The SMILES string of the molecule is CCOC(=O)c1cn[nH]c1S(=O)(=O)N1CCC(C)(C)CC1. The molecule has 21 heavy (non-hydrogen) atoms. The van der Waals surface area contributed by atoms with Gasteiger partial charge in [-0.25, -0.2) is 13.2 Å².